The van der Waals surface area contributed by atoms with E-state index in [2.05, 4.69) is 4.72 Å². The molecule has 0 fully saturated rings. The molecule has 0 saturated heterocycles. The second-order valence-corrected chi connectivity index (χ2v) is 6.80. The van der Waals surface area contributed by atoms with E-state index in [1.54, 1.807) is 6.07 Å². The van der Waals surface area contributed by atoms with Crippen LogP contribution in [0.3, 0.4) is 0 Å². The number of benzene rings is 1. The fourth-order valence-electron chi connectivity index (χ4n) is 1.38. The van der Waals surface area contributed by atoms with Gasteiger partial charge in [0.05, 0.1) is 5.02 Å². The van der Waals surface area contributed by atoms with Crippen molar-refractivity contribution in [3.8, 4) is 0 Å². The maximum absolute atomic E-state index is 12.1. The van der Waals surface area contributed by atoms with Crippen LogP contribution in [-0.4, -0.2) is 37.5 Å². The SMILES string of the molecule is CSCCC(NS(=O)(=O)c1ccccc1Cl)C(=O)O. The largest absolute Gasteiger partial charge is 0.480 e. The molecular formula is C11H14ClNO4S2. The molecule has 0 spiro atoms. The van der Waals surface area contributed by atoms with Crippen molar-refractivity contribution < 1.29 is 18.3 Å². The van der Waals surface area contributed by atoms with Crippen molar-refractivity contribution in [2.24, 2.45) is 0 Å². The van der Waals surface area contributed by atoms with Crippen LogP contribution in [0, 0.1) is 0 Å². The fraction of sp³-hybridized carbons (Fsp3) is 0.364. The van der Waals surface area contributed by atoms with Crippen LogP contribution in [0.2, 0.25) is 5.02 Å². The van der Waals surface area contributed by atoms with Gasteiger partial charge in [-0.1, -0.05) is 23.7 Å². The van der Waals surface area contributed by atoms with Crippen LogP contribution in [0.25, 0.3) is 0 Å². The maximum atomic E-state index is 12.1. The highest BCUT2D eigenvalue weighted by atomic mass is 35.5. The first kappa shape index (κ1) is 16.3. The van der Waals surface area contributed by atoms with Crippen LogP contribution in [-0.2, 0) is 14.8 Å². The van der Waals surface area contributed by atoms with Crippen molar-refractivity contribution in [2.45, 2.75) is 17.4 Å². The van der Waals surface area contributed by atoms with Gasteiger partial charge in [0.25, 0.3) is 0 Å². The highest BCUT2D eigenvalue weighted by Gasteiger charge is 2.26. The molecule has 0 saturated carbocycles. The third-order valence-electron chi connectivity index (χ3n) is 2.33. The van der Waals surface area contributed by atoms with Crippen LogP contribution in [0.4, 0.5) is 0 Å². The summed E-state index contributed by atoms with van der Waals surface area (Å²) >= 11 is 7.25. The third kappa shape index (κ3) is 4.68. The smallest absolute Gasteiger partial charge is 0.321 e. The Labute approximate surface area is 121 Å². The molecule has 1 aromatic rings. The van der Waals surface area contributed by atoms with E-state index in [1.807, 2.05) is 6.26 Å². The summed E-state index contributed by atoms with van der Waals surface area (Å²) in [5.74, 6) is -0.660. The molecule has 106 valence electrons. The number of aliphatic carboxylic acids is 1. The molecule has 2 N–H and O–H groups in total. The first-order valence-corrected chi connectivity index (χ1v) is 8.62. The van der Waals surface area contributed by atoms with Gasteiger partial charge in [-0.05, 0) is 30.6 Å². The van der Waals surface area contributed by atoms with E-state index in [-0.39, 0.29) is 16.3 Å². The van der Waals surface area contributed by atoms with Crippen molar-refractivity contribution in [1.29, 1.82) is 0 Å². The van der Waals surface area contributed by atoms with Gasteiger partial charge in [0.15, 0.2) is 0 Å². The second kappa shape index (κ2) is 7.14. The molecule has 0 amide bonds. The van der Waals surface area contributed by atoms with E-state index in [9.17, 15) is 13.2 Å². The number of halogens is 1. The Hall–Kier alpha value is -0.760. The zero-order valence-corrected chi connectivity index (χ0v) is 12.6. The summed E-state index contributed by atoms with van der Waals surface area (Å²) in [6.07, 6.45) is 2.03. The Balaban J connectivity index is 2.95. The van der Waals surface area contributed by atoms with E-state index in [0.717, 1.165) is 0 Å². The molecule has 1 rings (SSSR count). The van der Waals surface area contributed by atoms with Crippen molar-refractivity contribution >= 4 is 39.4 Å². The summed E-state index contributed by atoms with van der Waals surface area (Å²) in [6.45, 7) is 0. The van der Waals surface area contributed by atoms with Gasteiger partial charge < -0.3 is 5.11 Å². The molecule has 0 aromatic heterocycles. The molecule has 8 heteroatoms. The van der Waals surface area contributed by atoms with Crippen LogP contribution in [0.1, 0.15) is 6.42 Å². The van der Waals surface area contributed by atoms with Crippen LogP contribution in [0.15, 0.2) is 29.2 Å². The summed E-state index contributed by atoms with van der Waals surface area (Å²) in [4.78, 5) is 10.9. The quantitative estimate of drug-likeness (QED) is 0.799. The number of hydrogen-bond acceptors (Lipinski definition) is 4. The van der Waals surface area contributed by atoms with E-state index < -0.39 is 22.0 Å². The molecule has 0 aliphatic carbocycles. The van der Waals surface area contributed by atoms with Crippen molar-refractivity contribution in [3.05, 3.63) is 29.3 Å². The summed E-state index contributed by atoms with van der Waals surface area (Å²) < 4.78 is 26.3. The lowest BCUT2D eigenvalue weighted by molar-refractivity contribution is -0.139. The van der Waals surface area contributed by atoms with Gasteiger partial charge in [0.2, 0.25) is 10.0 Å². The standard InChI is InChI=1S/C11H14ClNO4S2/c1-18-7-6-9(11(14)15)13-19(16,17)10-5-3-2-4-8(10)12/h2-5,9,13H,6-7H2,1H3,(H,14,15). The molecule has 0 radical (unpaired) electrons. The lowest BCUT2D eigenvalue weighted by Crippen LogP contribution is -2.41. The zero-order valence-electron chi connectivity index (χ0n) is 10.2. The van der Waals surface area contributed by atoms with Crippen molar-refractivity contribution in [3.63, 3.8) is 0 Å². The van der Waals surface area contributed by atoms with Gasteiger partial charge in [0, 0.05) is 0 Å². The van der Waals surface area contributed by atoms with E-state index in [1.165, 1.54) is 30.0 Å². The number of carboxylic acid groups (broad SMARTS) is 1. The van der Waals surface area contributed by atoms with E-state index >= 15 is 0 Å². The molecule has 1 atom stereocenters. The van der Waals surface area contributed by atoms with Gasteiger partial charge in [-0.2, -0.15) is 16.5 Å². The molecule has 0 bridgehead atoms. The number of carbonyl (C=O) groups is 1. The molecule has 19 heavy (non-hydrogen) atoms. The summed E-state index contributed by atoms with van der Waals surface area (Å²) in [7, 11) is -3.94. The van der Waals surface area contributed by atoms with Gasteiger partial charge in [0.1, 0.15) is 10.9 Å². The Morgan fingerprint density at radius 1 is 1.47 bits per heavy atom. The van der Waals surface area contributed by atoms with Gasteiger partial charge >= 0.3 is 5.97 Å². The lowest BCUT2D eigenvalue weighted by atomic mass is 10.2. The molecular weight excluding hydrogens is 310 g/mol. The van der Waals surface area contributed by atoms with Crippen molar-refractivity contribution in [1.82, 2.24) is 4.72 Å². The van der Waals surface area contributed by atoms with Crippen molar-refractivity contribution in [2.75, 3.05) is 12.0 Å². The van der Waals surface area contributed by atoms with Gasteiger partial charge in [-0.3, -0.25) is 4.79 Å². The Kier molecular flexibility index (Phi) is 6.12. The minimum Gasteiger partial charge on any atom is -0.480 e. The van der Waals surface area contributed by atoms with Crippen LogP contribution >= 0.6 is 23.4 Å². The van der Waals surface area contributed by atoms with Gasteiger partial charge in [-0.15, -0.1) is 0 Å². The number of rotatable bonds is 7. The predicted octanol–water partition coefficient (Wildman–Crippen LogP) is 1.82. The Bertz CT molecular complexity index is 547. The number of sulfonamides is 1. The number of nitrogens with one attached hydrogen (secondary N) is 1. The van der Waals surface area contributed by atoms with Crippen LogP contribution in [0.5, 0.6) is 0 Å². The molecule has 5 nitrogen and oxygen atoms in total. The summed E-state index contributed by atoms with van der Waals surface area (Å²) in [5, 5.41) is 9.07. The Morgan fingerprint density at radius 3 is 2.63 bits per heavy atom. The maximum Gasteiger partial charge on any atom is 0.321 e. The minimum absolute atomic E-state index is 0.0593. The van der Waals surface area contributed by atoms with E-state index in [4.69, 9.17) is 16.7 Å². The highest BCUT2D eigenvalue weighted by Crippen LogP contribution is 2.20. The molecule has 1 unspecified atom stereocenters. The van der Waals surface area contributed by atoms with E-state index in [0.29, 0.717) is 5.75 Å². The number of hydrogen-bond donors (Lipinski definition) is 2. The lowest BCUT2D eigenvalue weighted by Gasteiger charge is -2.14. The monoisotopic (exact) mass is 323 g/mol. The zero-order chi connectivity index (χ0) is 14.5. The number of thioether (sulfide) groups is 1. The molecule has 0 heterocycles. The number of carboxylic acids is 1. The minimum atomic E-state index is -3.94. The third-order valence-corrected chi connectivity index (χ3v) is 4.95. The first-order valence-electron chi connectivity index (χ1n) is 5.37. The summed E-state index contributed by atoms with van der Waals surface area (Å²) in [5.41, 5.74) is 0. The highest BCUT2D eigenvalue weighted by molar-refractivity contribution is 7.98. The normalized spacial score (nSPS) is 13.2. The second-order valence-electron chi connectivity index (χ2n) is 3.72. The fourth-order valence-corrected chi connectivity index (χ4v) is 3.60. The Morgan fingerprint density at radius 2 is 2.11 bits per heavy atom. The topological polar surface area (TPSA) is 83.5 Å². The summed E-state index contributed by atoms with van der Waals surface area (Å²) in [6, 6.07) is 4.74. The first-order chi connectivity index (χ1) is 8.88. The molecule has 0 aliphatic rings. The predicted molar refractivity (Wildman–Crippen MR) is 76.2 cm³/mol. The van der Waals surface area contributed by atoms with Gasteiger partial charge in [-0.25, -0.2) is 8.42 Å². The molecule has 1 aromatic carbocycles. The van der Waals surface area contributed by atoms with Crippen LogP contribution < -0.4 is 4.72 Å². The average molecular weight is 324 g/mol. The molecule has 0 aliphatic heterocycles. The average Bonchev–Trinajstić information content (AvgIpc) is 2.34.